The minimum absolute atomic E-state index is 0.0215. The third kappa shape index (κ3) is 5.50. The fourth-order valence-corrected chi connectivity index (χ4v) is 1.74. The zero-order valence-corrected chi connectivity index (χ0v) is 11.3. The first-order valence-electron chi connectivity index (χ1n) is 6.19. The van der Waals surface area contributed by atoms with Crippen LogP contribution in [0.1, 0.15) is 5.56 Å². The van der Waals surface area contributed by atoms with Crippen molar-refractivity contribution in [3.8, 4) is 0 Å². The number of carbonyl (C=O) groups is 1. The minimum Gasteiger partial charge on any atom is -0.399 e. The van der Waals surface area contributed by atoms with E-state index >= 15 is 0 Å². The van der Waals surface area contributed by atoms with Gasteiger partial charge in [-0.15, -0.1) is 0 Å². The number of aliphatic hydroxyl groups excluding tert-OH is 1. The molecule has 0 aliphatic heterocycles. The Kier molecular flexibility index (Phi) is 6.33. The number of alkyl halides is 2. The van der Waals surface area contributed by atoms with Gasteiger partial charge in [0.25, 0.3) is 6.43 Å². The maximum absolute atomic E-state index is 12.3. The van der Waals surface area contributed by atoms with Crippen molar-refractivity contribution in [1.29, 1.82) is 0 Å². The summed E-state index contributed by atoms with van der Waals surface area (Å²) in [5.41, 5.74) is 7.51. The Bertz CT molecular complexity index is 455. The summed E-state index contributed by atoms with van der Waals surface area (Å²) >= 11 is 0. The first-order chi connectivity index (χ1) is 9.42. The number of nitrogens with two attached hydrogens (primary N) is 1. The molecule has 0 aliphatic carbocycles. The summed E-state index contributed by atoms with van der Waals surface area (Å²) in [6, 6.07) is 5.08. The number of nitrogens with one attached hydrogen (secondary N) is 1. The fourth-order valence-electron chi connectivity index (χ4n) is 1.74. The number of benzene rings is 1. The third-order valence-electron chi connectivity index (χ3n) is 2.72. The molecule has 0 atom stereocenters. The first-order valence-corrected chi connectivity index (χ1v) is 6.19. The number of hydrogen-bond acceptors (Lipinski definition) is 4. The molecule has 112 valence electrons. The lowest BCUT2D eigenvalue weighted by atomic mass is 10.2. The van der Waals surface area contributed by atoms with Crippen LogP contribution >= 0.6 is 0 Å². The van der Waals surface area contributed by atoms with Gasteiger partial charge in [-0.2, -0.15) is 0 Å². The molecule has 1 rings (SSSR count). The molecule has 0 saturated carbocycles. The average Bonchev–Trinajstić information content (AvgIpc) is 2.33. The number of hydrogen-bond donors (Lipinski definition) is 3. The van der Waals surface area contributed by atoms with Crippen molar-refractivity contribution >= 4 is 17.3 Å². The normalized spacial score (nSPS) is 11.1. The highest BCUT2D eigenvalue weighted by Crippen LogP contribution is 2.18. The summed E-state index contributed by atoms with van der Waals surface area (Å²) in [7, 11) is 0. The molecular weight excluding hydrogens is 268 g/mol. The Morgan fingerprint density at radius 2 is 2.20 bits per heavy atom. The van der Waals surface area contributed by atoms with Crippen LogP contribution in [0.5, 0.6) is 0 Å². The molecule has 1 aromatic rings. The van der Waals surface area contributed by atoms with Crippen molar-refractivity contribution in [2.45, 2.75) is 13.3 Å². The molecule has 0 aromatic heterocycles. The van der Waals surface area contributed by atoms with Crippen LogP contribution in [0.2, 0.25) is 0 Å². The molecule has 4 N–H and O–H groups in total. The highest BCUT2D eigenvalue weighted by molar-refractivity contribution is 5.93. The topological polar surface area (TPSA) is 78.6 Å². The number of anilines is 2. The molecule has 1 amide bonds. The van der Waals surface area contributed by atoms with E-state index in [-0.39, 0.29) is 19.7 Å². The minimum atomic E-state index is -2.55. The van der Waals surface area contributed by atoms with E-state index in [2.05, 4.69) is 5.32 Å². The molecule has 0 heterocycles. The van der Waals surface area contributed by atoms with Crippen molar-refractivity contribution in [3.63, 3.8) is 0 Å². The van der Waals surface area contributed by atoms with Crippen molar-refractivity contribution in [2.24, 2.45) is 0 Å². The predicted octanol–water partition coefficient (Wildman–Crippen LogP) is 1.08. The van der Waals surface area contributed by atoms with Crippen LogP contribution < -0.4 is 11.1 Å². The molecule has 0 fully saturated rings. The zero-order valence-electron chi connectivity index (χ0n) is 11.3. The maximum Gasteiger partial charge on any atom is 0.251 e. The molecule has 0 spiro atoms. The van der Waals surface area contributed by atoms with Gasteiger partial charge in [0.15, 0.2) is 0 Å². The summed E-state index contributed by atoms with van der Waals surface area (Å²) in [5, 5.41) is 11.4. The fraction of sp³-hybridized carbons (Fsp3) is 0.462. The molecule has 0 bridgehead atoms. The summed E-state index contributed by atoms with van der Waals surface area (Å²) in [6.45, 7) is 0.785. The van der Waals surface area contributed by atoms with Crippen molar-refractivity contribution < 1.29 is 18.7 Å². The van der Waals surface area contributed by atoms with E-state index in [4.69, 9.17) is 10.8 Å². The van der Waals surface area contributed by atoms with Crippen LogP contribution in [0.25, 0.3) is 0 Å². The number of nitrogen functional groups attached to an aromatic ring is 1. The van der Waals surface area contributed by atoms with Gasteiger partial charge < -0.3 is 16.2 Å². The van der Waals surface area contributed by atoms with E-state index in [9.17, 15) is 13.6 Å². The summed E-state index contributed by atoms with van der Waals surface area (Å²) in [5.74, 6) is -0.423. The molecular formula is C13H19F2N3O2. The Morgan fingerprint density at radius 3 is 2.80 bits per heavy atom. The lowest BCUT2D eigenvalue weighted by Gasteiger charge is -2.20. The lowest BCUT2D eigenvalue weighted by molar-refractivity contribution is -0.117. The molecule has 1 aromatic carbocycles. The number of halogens is 2. The predicted molar refractivity (Wildman–Crippen MR) is 73.8 cm³/mol. The van der Waals surface area contributed by atoms with Gasteiger partial charge in [-0.05, 0) is 24.6 Å². The molecule has 5 nitrogen and oxygen atoms in total. The van der Waals surface area contributed by atoms with Gasteiger partial charge in [-0.25, -0.2) is 8.78 Å². The van der Waals surface area contributed by atoms with E-state index in [1.54, 1.807) is 25.1 Å². The quantitative estimate of drug-likeness (QED) is 0.656. The second-order valence-electron chi connectivity index (χ2n) is 4.47. The zero-order chi connectivity index (χ0) is 15.1. The van der Waals surface area contributed by atoms with Crippen LogP contribution in [0, 0.1) is 6.92 Å². The SMILES string of the molecule is Cc1ccc(N)cc1NC(=O)CN(CCO)CC(F)F. The van der Waals surface area contributed by atoms with Gasteiger partial charge in [0.05, 0.1) is 19.7 Å². The Hall–Kier alpha value is -1.73. The maximum atomic E-state index is 12.3. The van der Waals surface area contributed by atoms with Gasteiger partial charge in [-0.1, -0.05) is 6.07 Å². The number of amides is 1. The van der Waals surface area contributed by atoms with Crippen molar-refractivity contribution in [2.75, 3.05) is 37.3 Å². The van der Waals surface area contributed by atoms with Gasteiger partial charge in [0, 0.05) is 17.9 Å². The molecule has 0 radical (unpaired) electrons. The molecule has 0 aliphatic rings. The first kappa shape index (κ1) is 16.3. The smallest absolute Gasteiger partial charge is 0.251 e. The van der Waals surface area contributed by atoms with Gasteiger partial charge in [0.1, 0.15) is 0 Å². The van der Waals surface area contributed by atoms with Crippen molar-refractivity contribution in [3.05, 3.63) is 23.8 Å². The summed E-state index contributed by atoms with van der Waals surface area (Å²) in [4.78, 5) is 13.0. The van der Waals surface area contributed by atoms with E-state index in [0.717, 1.165) is 5.56 Å². The number of aryl methyl sites for hydroxylation is 1. The van der Waals surface area contributed by atoms with Crippen LogP contribution in [-0.2, 0) is 4.79 Å². The van der Waals surface area contributed by atoms with E-state index < -0.39 is 18.9 Å². The second kappa shape index (κ2) is 7.76. The monoisotopic (exact) mass is 287 g/mol. The van der Waals surface area contributed by atoms with E-state index in [1.807, 2.05) is 0 Å². The summed E-state index contributed by atoms with van der Waals surface area (Å²) < 4.78 is 24.7. The summed E-state index contributed by atoms with van der Waals surface area (Å²) in [6.07, 6.45) is -2.55. The highest BCUT2D eigenvalue weighted by Gasteiger charge is 2.15. The van der Waals surface area contributed by atoms with Gasteiger partial charge in [-0.3, -0.25) is 9.69 Å². The molecule has 0 unspecified atom stereocenters. The third-order valence-corrected chi connectivity index (χ3v) is 2.72. The van der Waals surface area contributed by atoms with Crippen LogP contribution in [0.3, 0.4) is 0 Å². The number of carbonyl (C=O) groups excluding carboxylic acids is 1. The second-order valence-corrected chi connectivity index (χ2v) is 4.47. The lowest BCUT2D eigenvalue weighted by Crippen LogP contribution is -2.38. The van der Waals surface area contributed by atoms with Gasteiger partial charge >= 0.3 is 0 Å². The molecule has 0 saturated heterocycles. The Balaban J connectivity index is 2.62. The van der Waals surface area contributed by atoms with Crippen LogP contribution in [-0.4, -0.2) is 48.6 Å². The number of rotatable bonds is 7. The Morgan fingerprint density at radius 1 is 1.50 bits per heavy atom. The average molecular weight is 287 g/mol. The van der Waals surface area contributed by atoms with Crippen LogP contribution in [0.4, 0.5) is 20.2 Å². The number of aliphatic hydroxyl groups is 1. The van der Waals surface area contributed by atoms with E-state index in [0.29, 0.717) is 11.4 Å². The van der Waals surface area contributed by atoms with Crippen molar-refractivity contribution in [1.82, 2.24) is 4.90 Å². The van der Waals surface area contributed by atoms with E-state index in [1.165, 1.54) is 4.90 Å². The molecule has 20 heavy (non-hydrogen) atoms. The Labute approximate surface area is 116 Å². The standard InChI is InChI=1S/C13H19F2N3O2/c1-9-2-3-10(16)6-11(9)17-13(20)8-18(4-5-19)7-12(14)15/h2-3,6,12,19H,4-5,7-8,16H2,1H3,(H,17,20). The molecule has 7 heteroatoms. The van der Waals surface area contributed by atoms with Crippen LogP contribution in [0.15, 0.2) is 18.2 Å². The highest BCUT2D eigenvalue weighted by atomic mass is 19.3. The largest absolute Gasteiger partial charge is 0.399 e. The number of nitrogens with zero attached hydrogens (tertiary/aromatic N) is 1. The van der Waals surface area contributed by atoms with Gasteiger partial charge in [0.2, 0.25) is 5.91 Å².